The van der Waals surface area contributed by atoms with E-state index < -0.39 is 4.92 Å². The highest BCUT2D eigenvalue weighted by molar-refractivity contribution is 5.13. The third-order valence-electron chi connectivity index (χ3n) is 1.98. The van der Waals surface area contributed by atoms with Crippen molar-refractivity contribution < 1.29 is 4.92 Å². The van der Waals surface area contributed by atoms with Crippen molar-refractivity contribution in [2.24, 2.45) is 0 Å². The molecule has 1 heterocycles. The molecule has 84 valence electrons. The second kappa shape index (κ2) is 6.13. The zero-order chi connectivity index (χ0) is 11.1. The van der Waals surface area contributed by atoms with Crippen molar-refractivity contribution in [1.82, 2.24) is 15.1 Å². The minimum absolute atomic E-state index is 0.0866. The van der Waals surface area contributed by atoms with Crippen molar-refractivity contribution in [3.8, 4) is 0 Å². The second-order valence-electron chi connectivity index (χ2n) is 3.30. The van der Waals surface area contributed by atoms with Gasteiger partial charge in [0.25, 0.3) is 0 Å². The molecule has 0 fully saturated rings. The number of rotatable bonds is 7. The Kier molecular flexibility index (Phi) is 4.76. The van der Waals surface area contributed by atoms with Crippen molar-refractivity contribution in [3.05, 3.63) is 22.4 Å². The molecule has 1 N–H and O–H groups in total. The van der Waals surface area contributed by atoms with Gasteiger partial charge in [0, 0.05) is 0 Å². The third kappa shape index (κ3) is 4.07. The van der Waals surface area contributed by atoms with E-state index in [1.807, 2.05) is 0 Å². The summed E-state index contributed by atoms with van der Waals surface area (Å²) in [4.78, 5) is 9.87. The van der Waals surface area contributed by atoms with Gasteiger partial charge in [0.2, 0.25) is 0 Å². The van der Waals surface area contributed by atoms with Crippen LogP contribution in [-0.4, -0.2) is 27.8 Å². The highest BCUT2D eigenvalue weighted by atomic mass is 16.6. The average Bonchev–Trinajstić information content (AvgIpc) is 2.66. The Hall–Kier alpha value is -1.43. The summed E-state index contributed by atoms with van der Waals surface area (Å²) in [5.41, 5.74) is 0. The van der Waals surface area contributed by atoms with E-state index in [4.69, 9.17) is 0 Å². The van der Waals surface area contributed by atoms with Gasteiger partial charge in [0.1, 0.15) is 0 Å². The summed E-state index contributed by atoms with van der Waals surface area (Å²) in [7, 11) is 0. The largest absolute Gasteiger partial charge is 0.389 e. The quantitative estimate of drug-likeness (QED) is 0.418. The molecule has 6 nitrogen and oxygen atoms in total. The van der Waals surface area contributed by atoms with Crippen molar-refractivity contribution >= 4 is 5.82 Å². The van der Waals surface area contributed by atoms with Gasteiger partial charge in [0.05, 0.1) is 23.9 Å². The lowest BCUT2D eigenvalue weighted by molar-refractivity contribution is -0.389. The summed E-state index contributed by atoms with van der Waals surface area (Å²) in [5.74, 6) is -0.0866. The van der Waals surface area contributed by atoms with Gasteiger partial charge in [-0.2, -0.15) is 4.68 Å². The predicted molar refractivity (Wildman–Crippen MR) is 56.7 cm³/mol. The number of nitrogens with one attached hydrogen (secondary N) is 1. The van der Waals surface area contributed by atoms with Gasteiger partial charge in [-0.1, -0.05) is 6.92 Å². The van der Waals surface area contributed by atoms with E-state index in [1.54, 1.807) is 10.9 Å². The lowest BCUT2D eigenvalue weighted by atomic mass is 10.4. The highest BCUT2D eigenvalue weighted by Gasteiger charge is 2.09. The fraction of sp³-hybridized carbons (Fsp3) is 0.667. The van der Waals surface area contributed by atoms with Gasteiger partial charge in [-0.05, 0) is 30.9 Å². The molecule has 0 spiro atoms. The summed E-state index contributed by atoms with van der Waals surface area (Å²) < 4.78 is 1.60. The van der Waals surface area contributed by atoms with Gasteiger partial charge in [-0.3, -0.25) is 0 Å². The number of aromatic nitrogens is 2. The van der Waals surface area contributed by atoms with E-state index in [9.17, 15) is 10.1 Å². The van der Waals surface area contributed by atoms with Crippen LogP contribution in [-0.2, 0) is 6.54 Å². The Bertz CT molecular complexity index is 311. The Morgan fingerprint density at radius 3 is 3.00 bits per heavy atom. The first-order chi connectivity index (χ1) is 7.24. The SMILES string of the molecule is CCCNCCCn1ccc([N+](=O)[O-])n1. The Labute approximate surface area is 88.4 Å². The molecule has 1 aromatic rings. The Balaban J connectivity index is 2.23. The zero-order valence-corrected chi connectivity index (χ0v) is 8.85. The maximum atomic E-state index is 10.3. The smallest absolute Gasteiger partial charge is 0.358 e. The lowest BCUT2D eigenvalue weighted by Gasteiger charge is -2.00. The molecule has 0 radical (unpaired) electrons. The number of hydrogen-bond acceptors (Lipinski definition) is 4. The molecule has 1 rings (SSSR count). The van der Waals surface area contributed by atoms with Crippen LogP contribution in [0.1, 0.15) is 19.8 Å². The summed E-state index contributed by atoms with van der Waals surface area (Å²) in [6.45, 7) is 4.76. The minimum atomic E-state index is -0.480. The van der Waals surface area contributed by atoms with Crippen molar-refractivity contribution in [1.29, 1.82) is 0 Å². The van der Waals surface area contributed by atoms with Crippen LogP contribution in [0.15, 0.2) is 12.3 Å². The van der Waals surface area contributed by atoms with Gasteiger partial charge < -0.3 is 15.4 Å². The summed E-state index contributed by atoms with van der Waals surface area (Å²) >= 11 is 0. The number of hydrogen-bond donors (Lipinski definition) is 1. The minimum Gasteiger partial charge on any atom is -0.358 e. The van der Waals surface area contributed by atoms with Gasteiger partial charge in [-0.15, -0.1) is 0 Å². The van der Waals surface area contributed by atoms with Crippen molar-refractivity contribution in [3.63, 3.8) is 0 Å². The molecule has 0 aromatic carbocycles. The zero-order valence-electron chi connectivity index (χ0n) is 8.85. The van der Waals surface area contributed by atoms with E-state index in [2.05, 4.69) is 17.3 Å². The molecule has 0 bridgehead atoms. The number of nitro groups is 1. The topological polar surface area (TPSA) is 73.0 Å². The van der Waals surface area contributed by atoms with Crippen LogP contribution in [0.4, 0.5) is 5.82 Å². The summed E-state index contributed by atoms with van der Waals surface area (Å²) in [5, 5.41) is 17.4. The van der Waals surface area contributed by atoms with E-state index in [-0.39, 0.29) is 5.82 Å². The molecule has 6 heteroatoms. The fourth-order valence-corrected chi connectivity index (χ4v) is 1.24. The molecule has 1 aromatic heterocycles. The first-order valence-corrected chi connectivity index (χ1v) is 5.12. The molecule has 0 amide bonds. The second-order valence-corrected chi connectivity index (χ2v) is 3.30. The molecule has 0 atom stereocenters. The molecule has 0 aliphatic rings. The van der Waals surface area contributed by atoms with E-state index in [1.165, 1.54) is 6.07 Å². The van der Waals surface area contributed by atoms with Gasteiger partial charge in [-0.25, -0.2) is 0 Å². The van der Waals surface area contributed by atoms with Gasteiger partial charge in [0.15, 0.2) is 0 Å². The predicted octanol–water partition coefficient (Wildman–Crippen LogP) is 1.18. The van der Waals surface area contributed by atoms with Crippen molar-refractivity contribution in [2.45, 2.75) is 26.3 Å². The van der Waals surface area contributed by atoms with Crippen LogP contribution >= 0.6 is 0 Å². The number of nitrogens with zero attached hydrogens (tertiary/aromatic N) is 3. The molecular weight excluding hydrogens is 196 g/mol. The third-order valence-corrected chi connectivity index (χ3v) is 1.98. The first-order valence-electron chi connectivity index (χ1n) is 5.12. The summed E-state index contributed by atoms with van der Waals surface area (Å²) in [6, 6.07) is 1.42. The monoisotopic (exact) mass is 212 g/mol. The van der Waals surface area contributed by atoms with Crippen LogP contribution in [0.2, 0.25) is 0 Å². The molecular formula is C9H16N4O2. The van der Waals surface area contributed by atoms with Gasteiger partial charge >= 0.3 is 5.82 Å². The van der Waals surface area contributed by atoms with Crippen LogP contribution in [0.3, 0.4) is 0 Å². The van der Waals surface area contributed by atoms with Crippen LogP contribution in [0.5, 0.6) is 0 Å². The molecule has 0 saturated heterocycles. The fourth-order valence-electron chi connectivity index (χ4n) is 1.24. The summed E-state index contributed by atoms with van der Waals surface area (Å²) in [6.07, 6.45) is 3.68. The highest BCUT2D eigenvalue weighted by Crippen LogP contribution is 2.05. The molecule has 0 aliphatic carbocycles. The normalized spacial score (nSPS) is 10.5. The molecule has 0 unspecified atom stereocenters. The maximum Gasteiger partial charge on any atom is 0.389 e. The molecule has 0 saturated carbocycles. The van der Waals surface area contributed by atoms with Crippen LogP contribution in [0.25, 0.3) is 0 Å². The standard InChI is InChI=1S/C9H16N4O2/c1-2-5-10-6-3-7-12-8-4-9(11-12)13(14)15/h4,8,10H,2-3,5-7H2,1H3. The molecule has 15 heavy (non-hydrogen) atoms. The average molecular weight is 212 g/mol. The molecule has 0 aliphatic heterocycles. The van der Waals surface area contributed by atoms with Crippen LogP contribution in [0, 0.1) is 10.1 Å². The van der Waals surface area contributed by atoms with Crippen molar-refractivity contribution in [2.75, 3.05) is 13.1 Å². The Morgan fingerprint density at radius 2 is 2.40 bits per heavy atom. The van der Waals surface area contributed by atoms with Crippen LogP contribution < -0.4 is 5.32 Å². The first kappa shape index (κ1) is 11.6. The number of aryl methyl sites for hydroxylation is 1. The maximum absolute atomic E-state index is 10.3. The Morgan fingerprint density at radius 1 is 1.60 bits per heavy atom. The van der Waals surface area contributed by atoms with E-state index >= 15 is 0 Å². The lowest BCUT2D eigenvalue weighted by Crippen LogP contribution is -2.17. The van der Waals surface area contributed by atoms with E-state index in [0.29, 0.717) is 6.54 Å². The van der Waals surface area contributed by atoms with E-state index in [0.717, 1.165) is 25.9 Å².